The molecule has 118 valence electrons. The summed E-state index contributed by atoms with van der Waals surface area (Å²) in [4.78, 5) is 0. The van der Waals surface area contributed by atoms with Gasteiger partial charge in [0.25, 0.3) is 0 Å². The second-order valence-electron chi connectivity index (χ2n) is 6.94. The smallest absolute Gasteiger partial charge is 0.0440 e. The zero-order valence-corrected chi connectivity index (χ0v) is 14.5. The number of hydrogen-bond acceptors (Lipinski definition) is 1. The van der Waals surface area contributed by atoms with E-state index in [9.17, 15) is 0 Å². The Hall–Kier alpha value is -0.530. The Labute approximate surface area is 135 Å². The third-order valence-electron chi connectivity index (χ3n) is 4.93. The second kappa shape index (κ2) is 8.19. The van der Waals surface area contributed by atoms with Gasteiger partial charge in [-0.3, -0.25) is 0 Å². The lowest BCUT2D eigenvalue weighted by Gasteiger charge is -2.35. The van der Waals surface area contributed by atoms with Crippen molar-refractivity contribution in [2.24, 2.45) is 17.8 Å². The molecular weight excluding hydrogens is 278 g/mol. The molecule has 0 heterocycles. The van der Waals surface area contributed by atoms with Crippen LogP contribution in [0.25, 0.3) is 0 Å². The average Bonchev–Trinajstić information content (AvgIpc) is 2.44. The van der Waals surface area contributed by atoms with E-state index in [2.05, 4.69) is 44.3 Å². The SMILES string of the molecule is CCCNCC1CCC(C)CC1Cc1ccc(C)cc1Cl. The first-order chi connectivity index (χ1) is 10.1. The Balaban J connectivity index is 2.01. The highest BCUT2D eigenvalue weighted by atomic mass is 35.5. The summed E-state index contributed by atoms with van der Waals surface area (Å²) in [6, 6.07) is 6.53. The Morgan fingerprint density at radius 2 is 2.05 bits per heavy atom. The van der Waals surface area contributed by atoms with Gasteiger partial charge >= 0.3 is 0 Å². The van der Waals surface area contributed by atoms with Crippen molar-refractivity contribution in [1.29, 1.82) is 0 Å². The van der Waals surface area contributed by atoms with Gasteiger partial charge in [0, 0.05) is 5.02 Å². The number of halogens is 1. The minimum absolute atomic E-state index is 0.776. The third kappa shape index (κ3) is 5.00. The molecular formula is C19H30ClN. The standard InChI is InChI=1S/C19H30ClN/c1-4-9-21-13-17-8-6-14(2)10-18(17)12-16-7-5-15(3)11-19(16)20/h5,7,11,14,17-18,21H,4,6,8-10,12-13H2,1-3H3. The lowest BCUT2D eigenvalue weighted by molar-refractivity contribution is 0.184. The van der Waals surface area contributed by atoms with Crippen LogP contribution < -0.4 is 5.32 Å². The molecule has 1 fully saturated rings. The van der Waals surface area contributed by atoms with Gasteiger partial charge in [-0.1, -0.05) is 44.0 Å². The van der Waals surface area contributed by atoms with Gasteiger partial charge in [0.1, 0.15) is 0 Å². The molecule has 2 heteroatoms. The van der Waals surface area contributed by atoms with E-state index in [0.717, 1.165) is 35.7 Å². The molecule has 21 heavy (non-hydrogen) atoms. The zero-order chi connectivity index (χ0) is 15.2. The minimum atomic E-state index is 0.776. The Morgan fingerprint density at radius 3 is 2.76 bits per heavy atom. The zero-order valence-electron chi connectivity index (χ0n) is 13.8. The number of aryl methyl sites for hydroxylation is 1. The predicted molar refractivity (Wildman–Crippen MR) is 93.0 cm³/mol. The summed E-state index contributed by atoms with van der Waals surface area (Å²) < 4.78 is 0. The topological polar surface area (TPSA) is 12.0 Å². The van der Waals surface area contributed by atoms with Crippen LogP contribution in [0, 0.1) is 24.7 Å². The van der Waals surface area contributed by atoms with E-state index in [4.69, 9.17) is 11.6 Å². The molecule has 0 radical (unpaired) electrons. The molecule has 1 aliphatic rings. The van der Waals surface area contributed by atoms with Gasteiger partial charge in [0.2, 0.25) is 0 Å². The fourth-order valence-corrected chi connectivity index (χ4v) is 3.96. The summed E-state index contributed by atoms with van der Waals surface area (Å²) in [5.74, 6) is 2.45. The van der Waals surface area contributed by atoms with Crippen molar-refractivity contribution in [3.05, 3.63) is 34.3 Å². The summed E-state index contributed by atoms with van der Waals surface area (Å²) in [6.07, 6.45) is 6.46. The first kappa shape index (κ1) is 16.8. The van der Waals surface area contributed by atoms with Crippen LogP contribution in [0.2, 0.25) is 5.02 Å². The van der Waals surface area contributed by atoms with Crippen LogP contribution in [0.5, 0.6) is 0 Å². The average molecular weight is 308 g/mol. The van der Waals surface area contributed by atoms with Gasteiger partial charge < -0.3 is 5.32 Å². The third-order valence-corrected chi connectivity index (χ3v) is 5.28. The molecule has 1 N–H and O–H groups in total. The highest BCUT2D eigenvalue weighted by molar-refractivity contribution is 6.31. The molecule has 1 aromatic carbocycles. The molecule has 0 bridgehead atoms. The summed E-state index contributed by atoms with van der Waals surface area (Å²) in [7, 11) is 0. The Kier molecular flexibility index (Phi) is 6.57. The van der Waals surface area contributed by atoms with E-state index in [1.54, 1.807) is 0 Å². The van der Waals surface area contributed by atoms with Crippen LogP contribution in [0.15, 0.2) is 18.2 Å². The largest absolute Gasteiger partial charge is 0.316 e. The van der Waals surface area contributed by atoms with Crippen molar-refractivity contribution in [3.8, 4) is 0 Å². The van der Waals surface area contributed by atoms with Crippen molar-refractivity contribution in [2.75, 3.05) is 13.1 Å². The van der Waals surface area contributed by atoms with E-state index in [0.29, 0.717) is 0 Å². The minimum Gasteiger partial charge on any atom is -0.316 e. The fraction of sp³-hybridized carbons (Fsp3) is 0.684. The van der Waals surface area contributed by atoms with Crippen LogP contribution in [0.4, 0.5) is 0 Å². The summed E-state index contributed by atoms with van der Waals surface area (Å²) in [5.41, 5.74) is 2.59. The van der Waals surface area contributed by atoms with Crippen LogP contribution in [0.1, 0.15) is 50.7 Å². The van der Waals surface area contributed by atoms with Crippen molar-refractivity contribution in [2.45, 2.75) is 52.9 Å². The maximum absolute atomic E-state index is 6.44. The first-order valence-corrected chi connectivity index (χ1v) is 8.93. The normalized spacial score (nSPS) is 26.0. The molecule has 1 nitrogen and oxygen atoms in total. The van der Waals surface area contributed by atoms with Gasteiger partial charge in [0.15, 0.2) is 0 Å². The molecule has 3 unspecified atom stereocenters. The highest BCUT2D eigenvalue weighted by Crippen LogP contribution is 2.36. The summed E-state index contributed by atoms with van der Waals surface area (Å²) in [6.45, 7) is 9.06. The lowest BCUT2D eigenvalue weighted by atomic mass is 9.72. The number of rotatable bonds is 6. The van der Waals surface area contributed by atoms with Crippen molar-refractivity contribution >= 4 is 11.6 Å². The van der Waals surface area contributed by atoms with Crippen LogP contribution in [0.3, 0.4) is 0 Å². The molecule has 0 aliphatic heterocycles. The van der Waals surface area contributed by atoms with Crippen molar-refractivity contribution in [1.82, 2.24) is 5.32 Å². The van der Waals surface area contributed by atoms with Crippen molar-refractivity contribution in [3.63, 3.8) is 0 Å². The number of hydrogen-bond donors (Lipinski definition) is 1. The lowest BCUT2D eigenvalue weighted by Crippen LogP contribution is -2.34. The van der Waals surface area contributed by atoms with E-state index in [1.165, 1.54) is 43.4 Å². The van der Waals surface area contributed by atoms with E-state index < -0.39 is 0 Å². The quantitative estimate of drug-likeness (QED) is 0.708. The fourth-order valence-electron chi connectivity index (χ4n) is 3.64. The van der Waals surface area contributed by atoms with Gasteiger partial charge in [-0.2, -0.15) is 0 Å². The number of benzene rings is 1. The predicted octanol–water partition coefficient (Wildman–Crippen LogP) is 5.24. The molecule has 1 saturated carbocycles. The Bertz CT molecular complexity index is 443. The van der Waals surface area contributed by atoms with Crippen LogP contribution in [-0.2, 0) is 6.42 Å². The molecule has 0 aromatic heterocycles. The first-order valence-electron chi connectivity index (χ1n) is 8.55. The molecule has 0 spiro atoms. The van der Waals surface area contributed by atoms with Gasteiger partial charge in [-0.05, 0) is 80.6 Å². The molecule has 3 atom stereocenters. The van der Waals surface area contributed by atoms with E-state index >= 15 is 0 Å². The van der Waals surface area contributed by atoms with Crippen LogP contribution in [-0.4, -0.2) is 13.1 Å². The maximum atomic E-state index is 6.44. The molecule has 1 aromatic rings. The summed E-state index contributed by atoms with van der Waals surface area (Å²) in [5, 5.41) is 4.58. The van der Waals surface area contributed by atoms with Gasteiger partial charge in [-0.25, -0.2) is 0 Å². The monoisotopic (exact) mass is 307 g/mol. The molecule has 0 saturated heterocycles. The van der Waals surface area contributed by atoms with E-state index in [-0.39, 0.29) is 0 Å². The van der Waals surface area contributed by atoms with Crippen LogP contribution >= 0.6 is 11.6 Å². The maximum Gasteiger partial charge on any atom is 0.0440 e. The number of nitrogens with one attached hydrogen (secondary N) is 1. The second-order valence-corrected chi connectivity index (χ2v) is 7.35. The molecule has 0 amide bonds. The molecule has 1 aliphatic carbocycles. The van der Waals surface area contributed by atoms with Crippen molar-refractivity contribution < 1.29 is 0 Å². The van der Waals surface area contributed by atoms with Gasteiger partial charge in [-0.15, -0.1) is 0 Å². The highest BCUT2D eigenvalue weighted by Gasteiger charge is 2.28. The Morgan fingerprint density at radius 1 is 1.24 bits per heavy atom. The van der Waals surface area contributed by atoms with Gasteiger partial charge in [0.05, 0.1) is 0 Å². The van der Waals surface area contributed by atoms with E-state index in [1.807, 2.05) is 0 Å². The summed E-state index contributed by atoms with van der Waals surface area (Å²) >= 11 is 6.44. The molecule has 2 rings (SSSR count).